The summed E-state index contributed by atoms with van der Waals surface area (Å²) >= 11 is 0. The number of carbonyl (C=O) groups is 1. The quantitative estimate of drug-likeness (QED) is 0.699. The SMILES string of the molecule is COCCCNC(=O)c1cnc(N(C)CCc2ccncc2)cn1. The van der Waals surface area contributed by atoms with Crippen molar-refractivity contribution in [2.75, 3.05) is 38.8 Å². The Morgan fingerprint density at radius 3 is 2.71 bits per heavy atom. The van der Waals surface area contributed by atoms with Crippen molar-refractivity contribution in [1.82, 2.24) is 20.3 Å². The minimum Gasteiger partial charge on any atom is -0.385 e. The number of amides is 1. The monoisotopic (exact) mass is 329 g/mol. The average Bonchev–Trinajstić information content (AvgIpc) is 2.64. The molecule has 0 saturated heterocycles. The molecule has 0 aliphatic heterocycles. The van der Waals surface area contributed by atoms with Gasteiger partial charge in [-0.3, -0.25) is 9.78 Å². The lowest BCUT2D eigenvalue weighted by Crippen LogP contribution is -2.27. The zero-order valence-corrected chi connectivity index (χ0v) is 14.1. The standard InChI is InChI=1S/C17H23N5O2/c1-22(10-6-14-4-8-18-9-5-14)16-13-20-15(12-21-16)17(23)19-7-3-11-24-2/h4-5,8-9,12-13H,3,6-7,10-11H2,1-2H3,(H,19,23). The first-order chi connectivity index (χ1) is 11.7. The molecule has 2 heterocycles. The maximum Gasteiger partial charge on any atom is 0.271 e. The molecular weight excluding hydrogens is 306 g/mol. The van der Waals surface area contributed by atoms with E-state index in [1.54, 1.807) is 25.7 Å². The Kier molecular flexibility index (Phi) is 7.10. The maximum absolute atomic E-state index is 11.9. The summed E-state index contributed by atoms with van der Waals surface area (Å²) in [7, 11) is 3.59. The van der Waals surface area contributed by atoms with E-state index >= 15 is 0 Å². The second kappa shape index (κ2) is 9.57. The van der Waals surface area contributed by atoms with Gasteiger partial charge >= 0.3 is 0 Å². The van der Waals surface area contributed by atoms with E-state index in [1.165, 1.54) is 11.8 Å². The molecule has 0 aromatic carbocycles. The number of hydrogen-bond donors (Lipinski definition) is 1. The zero-order valence-electron chi connectivity index (χ0n) is 14.1. The number of nitrogens with one attached hydrogen (secondary N) is 1. The number of rotatable bonds is 9. The highest BCUT2D eigenvalue weighted by Crippen LogP contribution is 2.08. The van der Waals surface area contributed by atoms with Gasteiger partial charge in [0.2, 0.25) is 0 Å². The van der Waals surface area contributed by atoms with Crippen LogP contribution in [0.4, 0.5) is 5.82 Å². The second-order valence-electron chi connectivity index (χ2n) is 5.39. The number of hydrogen-bond acceptors (Lipinski definition) is 6. The normalized spacial score (nSPS) is 10.4. The van der Waals surface area contributed by atoms with E-state index in [0.717, 1.165) is 25.2 Å². The minimum absolute atomic E-state index is 0.218. The summed E-state index contributed by atoms with van der Waals surface area (Å²) in [5.74, 6) is 0.518. The third-order valence-corrected chi connectivity index (χ3v) is 3.56. The second-order valence-corrected chi connectivity index (χ2v) is 5.39. The molecule has 2 rings (SSSR count). The van der Waals surface area contributed by atoms with Crippen molar-refractivity contribution in [2.45, 2.75) is 12.8 Å². The Labute approximate surface area is 142 Å². The molecular formula is C17H23N5O2. The van der Waals surface area contributed by atoms with E-state index in [9.17, 15) is 4.79 Å². The average molecular weight is 329 g/mol. The van der Waals surface area contributed by atoms with Crippen LogP contribution in [-0.4, -0.2) is 54.7 Å². The van der Waals surface area contributed by atoms with E-state index in [0.29, 0.717) is 18.8 Å². The Hall–Kier alpha value is -2.54. The maximum atomic E-state index is 11.9. The molecule has 0 saturated carbocycles. The van der Waals surface area contributed by atoms with Crippen LogP contribution in [0.1, 0.15) is 22.5 Å². The predicted octanol–water partition coefficient (Wildman–Crippen LogP) is 1.32. The van der Waals surface area contributed by atoms with Gasteiger partial charge in [0, 0.05) is 46.2 Å². The molecule has 0 aliphatic rings. The number of nitrogens with zero attached hydrogens (tertiary/aromatic N) is 4. The molecule has 24 heavy (non-hydrogen) atoms. The minimum atomic E-state index is -0.218. The summed E-state index contributed by atoms with van der Waals surface area (Å²) in [6.45, 7) is 1.98. The highest BCUT2D eigenvalue weighted by Gasteiger charge is 2.09. The molecule has 1 amide bonds. The van der Waals surface area contributed by atoms with Crippen molar-refractivity contribution in [3.63, 3.8) is 0 Å². The number of aromatic nitrogens is 3. The fourth-order valence-corrected chi connectivity index (χ4v) is 2.11. The van der Waals surface area contributed by atoms with Crippen LogP contribution >= 0.6 is 0 Å². The molecule has 2 aromatic rings. The fraction of sp³-hybridized carbons (Fsp3) is 0.412. The van der Waals surface area contributed by atoms with E-state index in [2.05, 4.69) is 20.3 Å². The van der Waals surface area contributed by atoms with Crippen molar-refractivity contribution >= 4 is 11.7 Å². The van der Waals surface area contributed by atoms with Gasteiger partial charge in [0.15, 0.2) is 0 Å². The molecule has 0 spiro atoms. The van der Waals surface area contributed by atoms with Crippen LogP contribution in [0.25, 0.3) is 0 Å². The largest absolute Gasteiger partial charge is 0.385 e. The van der Waals surface area contributed by atoms with Crippen molar-refractivity contribution in [3.05, 3.63) is 48.2 Å². The van der Waals surface area contributed by atoms with Crippen molar-refractivity contribution < 1.29 is 9.53 Å². The number of ether oxygens (including phenoxy) is 1. The van der Waals surface area contributed by atoms with Gasteiger partial charge in [0.05, 0.1) is 12.4 Å². The lowest BCUT2D eigenvalue weighted by atomic mass is 10.2. The summed E-state index contributed by atoms with van der Waals surface area (Å²) in [6, 6.07) is 3.99. The van der Waals surface area contributed by atoms with E-state index in [-0.39, 0.29) is 5.91 Å². The van der Waals surface area contributed by atoms with Crippen LogP contribution in [0, 0.1) is 0 Å². The van der Waals surface area contributed by atoms with Crippen LogP contribution in [0.2, 0.25) is 0 Å². The van der Waals surface area contributed by atoms with Crippen LogP contribution in [0.3, 0.4) is 0 Å². The van der Waals surface area contributed by atoms with Crippen LogP contribution in [0.5, 0.6) is 0 Å². The molecule has 0 unspecified atom stereocenters. The van der Waals surface area contributed by atoms with Crippen molar-refractivity contribution in [1.29, 1.82) is 0 Å². The summed E-state index contributed by atoms with van der Waals surface area (Å²) < 4.78 is 4.94. The van der Waals surface area contributed by atoms with Crippen LogP contribution < -0.4 is 10.2 Å². The Bertz CT molecular complexity index is 619. The number of likely N-dealkylation sites (N-methyl/N-ethyl adjacent to an activating group) is 1. The molecule has 7 nitrogen and oxygen atoms in total. The molecule has 128 valence electrons. The molecule has 7 heteroatoms. The predicted molar refractivity (Wildman–Crippen MR) is 92.1 cm³/mol. The van der Waals surface area contributed by atoms with Gasteiger partial charge in [0.25, 0.3) is 5.91 Å². The molecule has 0 aliphatic carbocycles. The van der Waals surface area contributed by atoms with Gasteiger partial charge in [0.1, 0.15) is 11.5 Å². The summed E-state index contributed by atoms with van der Waals surface area (Å²) in [5, 5.41) is 2.79. The summed E-state index contributed by atoms with van der Waals surface area (Å²) in [5.41, 5.74) is 1.54. The van der Waals surface area contributed by atoms with E-state index in [1.807, 2.05) is 24.1 Å². The molecule has 0 fully saturated rings. The van der Waals surface area contributed by atoms with Gasteiger partial charge in [-0.2, -0.15) is 0 Å². The first-order valence-electron chi connectivity index (χ1n) is 7.90. The van der Waals surface area contributed by atoms with Crippen LogP contribution in [-0.2, 0) is 11.2 Å². The van der Waals surface area contributed by atoms with Crippen LogP contribution in [0.15, 0.2) is 36.9 Å². The third kappa shape index (κ3) is 5.58. The Balaban J connectivity index is 1.83. The third-order valence-electron chi connectivity index (χ3n) is 3.56. The molecule has 0 radical (unpaired) electrons. The first-order valence-corrected chi connectivity index (χ1v) is 7.90. The smallest absolute Gasteiger partial charge is 0.271 e. The summed E-state index contributed by atoms with van der Waals surface area (Å²) in [6.07, 6.45) is 8.36. The van der Waals surface area contributed by atoms with Gasteiger partial charge in [-0.1, -0.05) is 0 Å². The highest BCUT2D eigenvalue weighted by molar-refractivity contribution is 5.91. The molecule has 2 aromatic heterocycles. The van der Waals surface area contributed by atoms with Gasteiger partial charge in [-0.25, -0.2) is 9.97 Å². The van der Waals surface area contributed by atoms with E-state index in [4.69, 9.17) is 4.74 Å². The van der Waals surface area contributed by atoms with Gasteiger partial charge in [-0.05, 0) is 30.5 Å². The van der Waals surface area contributed by atoms with E-state index < -0.39 is 0 Å². The lowest BCUT2D eigenvalue weighted by molar-refractivity contribution is 0.0943. The number of pyridine rings is 1. The number of methoxy groups -OCH3 is 1. The Morgan fingerprint density at radius 2 is 2.04 bits per heavy atom. The molecule has 0 atom stereocenters. The number of anilines is 1. The van der Waals surface area contributed by atoms with Gasteiger partial charge < -0.3 is 15.0 Å². The van der Waals surface area contributed by atoms with Crippen molar-refractivity contribution in [3.8, 4) is 0 Å². The van der Waals surface area contributed by atoms with Gasteiger partial charge in [-0.15, -0.1) is 0 Å². The fourth-order valence-electron chi connectivity index (χ4n) is 2.11. The number of carbonyl (C=O) groups excluding carboxylic acids is 1. The molecule has 0 bridgehead atoms. The van der Waals surface area contributed by atoms with Crippen molar-refractivity contribution in [2.24, 2.45) is 0 Å². The zero-order chi connectivity index (χ0) is 17.2. The topological polar surface area (TPSA) is 80.2 Å². The first kappa shape index (κ1) is 17.8. The molecule has 1 N–H and O–H groups in total. The Morgan fingerprint density at radius 1 is 1.25 bits per heavy atom. The summed E-state index contributed by atoms with van der Waals surface area (Å²) in [4.78, 5) is 26.5. The highest BCUT2D eigenvalue weighted by atomic mass is 16.5. The lowest BCUT2D eigenvalue weighted by Gasteiger charge is -2.17.